The van der Waals surface area contributed by atoms with Crippen LogP contribution in [0.25, 0.3) is 0 Å². The van der Waals surface area contributed by atoms with Gasteiger partial charge in [-0.15, -0.1) is 0 Å². The van der Waals surface area contributed by atoms with Crippen molar-refractivity contribution < 1.29 is 48.7 Å². The number of esters is 2. The number of allylic oxidation sites excluding steroid dienone is 3. The van der Waals surface area contributed by atoms with Crippen LogP contribution >= 0.6 is 0 Å². The molecule has 1 saturated carbocycles. The number of aliphatic hydroxyl groups is 3. The molecule has 44 heavy (non-hydrogen) atoms. The fraction of sp³-hybridized carbons (Fsp3) is 0.529. The summed E-state index contributed by atoms with van der Waals surface area (Å²) in [6, 6.07) is 9.00. The van der Waals surface area contributed by atoms with Crippen LogP contribution in [0.2, 0.25) is 0 Å². The Morgan fingerprint density at radius 2 is 1.64 bits per heavy atom. The first-order valence-corrected chi connectivity index (χ1v) is 14.6. The molecule has 0 aliphatic heterocycles. The molecule has 10 nitrogen and oxygen atoms in total. The van der Waals surface area contributed by atoms with E-state index in [2.05, 4.69) is 6.58 Å². The average molecular weight is 613 g/mol. The van der Waals surface area contributed by atoms with Crippen LogP contribution in [0.15, 0.2) is 66.3 Å². The lowest BCUT2D eigenvalue weighted by Crippen LogP contribution is -2.56. The summed E-state index contributed by atoms with van der Waals surface area (Å²) in [5.74, 6) is -5.60. The van der Waals surface area contributed by atoms with Crippen LogP contribution in [-0.2, 0) is 40.0 Å². The zero-order chi connectivity index (χ0) is 33.2. The fourth-order valence-corrected chi connectivity index (χ4v) is 5.93. The Kier molecular flexibility index (Phi) is 10.6. The normalized spacial score (nSPS) is 35.2. The SMILES string of the molecule is C=C1[C@H](O)[C@H]2[C@@H](OCc3ccccc3)[C@](C)(O)C[C@]2(O)C(=O)[C@@H](C)/C=C/C(C)(C)C(=O)[C@H](OC(C)=O)[C@H]1OC(=O)/C(C)=C\C. The van der Waals surface area contributed by atoms with Crippen LogP contribution < -0.4 is 0 Å². The lowest BCUT2D eigenvalue weighted by atomic mass is 9.73. The predicted molar refractivity (Wildman–Crippen MR) is 161 cm³/mol. The number of ketones is 2. The number of fused-ring (bicyclic) bond motifs is 1. The highest BCUT2D eigenvalue weighted by atomic mass is 16.6. The largest absolute Gasteiger partial charge is 0.450 e. The fourth-order valence-electron chi connectivity index (χ4n) is 5.93. The summed E-state index contributed by atoms with van der Waals surface area (Å²) in [5, 5.41) is 35.7. The van der Waals surface area contributed by atoms with Gasteiger partial charge in [0.25, 0.3) is 0 Å². The zero-order valence-corrected chi connectivity index (χ0v) is 26.4. The monoisotopic (exact) mass is 612 g/mol. The van der Waals surface area contributed by atoms with E-state index in [1.54, 1.807) is 31.2 Å². The van der Waals surface area contributed by atoms with Gasteiger partial charge in [-0.3, -0.25) is 14.4 Å². The van der Waals surface area contributed by atoms with Crippen LogP contribution in [-0.4, -0.2) is 74.4 Å². The van der Waals surface area contributed by atoms with Gasteiger partial charge in [-0.1, -0.05) is 62.1 Å². The first-order valence-electron chi connectivity index (χ1n) is 14.6. The van der Waals surface area contributed by atoms with Crippen molar-refractivity contribution in [2.24, 2.45) is 17.3 Å². The van der Waals surface area contributed by atoms with Crippen molar-refractivity contribution in [3.63, 3.8) is 0 Å². The summed E-state index contributed by atoms with van der Waals surface area (Å²) in [6.45, 7) is 14.1. The Hall–Kier alpha value is -3.44. The van der Waals surface area contributed by atoms with Crippen LogP contribution in [0.1, 0.15) is 60.5 Å². The van der Waals surface area contributed by atoms with Gasteiger partial charge in [-0.25, -0.2) is 4.79 Å². The summed E-state index contributed by atoms with van der Waals surface area (Å²) in [5.41, 5.74) is -4.93. The van der Waals surface area contributed by atoms with Crippen molar-refractivity contribution in [2.75, 3.05) is 0 Å². The minimum atomic E-state index is -2.34. The molecule has 0 amide bonds. The Balaban J connectivity index is 2.25. The van der Waals surface area contributed by atoms with E-state index in [0.717, 1.165) is 12.5 Å². The molecule has 2 aliphatic rings. The minimum Gasteiger partial charge on any atom is -0.450 e. The van der Waals surface area contributed by atoms with E-state index in [-0.39, 0.29) is 17.8 Å². The molecule has 240 valence electrons. The minimum absolute atomic E-state index is 0.0290. The van der Waals surface area contributed by atoms with Gasteiger partial charge in [0.05, 0.1) is 30.3 Å². The van der Waals surface area contributed by atoms with Crippen LogP contribution in [0.5, 0.6) is 0 Å². The van der Waals surface area contributed by atoms with Gasteiger partial charge >= 0.3 is 11.9 Å². The molecule has 3 N–H and O–H groups in total. The van der Waals surface area contributed by atoms with Crippen LogP contribution in [0.4, 0.5) is 0 Å². The Bertz CT molecular complexity index is 1340. The number of rotatable bonds is 6. The van der Waals surface area contributed by atoms with Crippen molar-refractivity contribution in [3.8, 4) is 0 Å². The Morgan fingerprint density at radius 1 is 1.02 bits per heavy atom. The van der Waals surface area contributed by atoms with E-state index in [1.165, 1.54) is 52.8 Å². The number of carbonyl (C=O) groups is 4. The number of carbonyl (C=O) groups excluding carboxylic acids is 4. The van der Waals surface area contributed by atoms with E-state index in [0.29, 0.717) is 0 Å². The van der Waals surface area contributed by atoms with Gasteiger partial charge in [0.15, 0.2) is 17.7 Å². The van der Waals surface area contributed by atoms with Crippen molar-refractivity contribution in [1.82, 2.24) is 0 Å². The van der Waals surface area contributed by atoms with E-state index < -0.39 is 82.8 Å². The molecule has 0 radical (unpaired) electrons. The topological polar surface area (TPSA) is 157 Å². The summed E-state index contributed by atoms with van der Waals surface area (Å²) < 4.78 is 17.3. The highest BCUT2D eigenvalue weighted by Gasteiger charge is 2.65. The first-order chi connectivity index (χ1) is 20.4. The van der Waals surface area contributed by atoms with Crippen molar-refractivity contribution in [2.45, 2.75) is 97.1 Å². The van der Waals surface area contributed by atoms with Crippen LogP contribution in [0.3, 0.4) is 0 Å². The van der Waals surface area contributed by atoms with Crippen molar-refractivity contribution in [3.05, 3.63) is 71.8 Å². The molecule has 1 fully saturated rings. The molecular formula is C34H44O10. The van der Waals surface area contributed by atoms with Gasteiger partial charge in [0.2, 0.25) is 6.10 Å². The van der Waals surface area contributed by atoms with Gasteiger partial charge in [-0.05, 0) is 45.8 Å². The molecule has 0 unspecified atom stereocenters. The van der Waals surface area contributed by atoms with Crippen molar-refractivity contribution in [1.29, 1.82) is 0 Å². The zero-order valence-electron chi connectivity index (χ0n) is 26.4. The first kappa shape index (κ1) is 35.0. The number of Topliss-reactive ketones (excluding diaryl/α,β-unsaturated/α-hetero) is 2. The number of aliphatic hydroxyl groups excluding tert-OH is 1. The third-order valence-electron chi connectivity index (χ3n) is 8.57. The molecule has 0 saturated heterocycles. The number of benzene rings is 1. The van der Waals surface area contributed by atoms with Crippen LogP contribution in [0, 0.1) is 17.3 Å². The van der Waals surface area contributed by atoms with E-state index in [9.17, 15) is 34.5 Å². The standard InChI is InChI=1S/C34H44O10/c1-9-19(2)31(39)44-26-21(4)25(36)24-30(42-17-23-13-11-10-12-14-23)33(8,40)18-34(24,41)28(37)20(3)15-16-32(6,7)29(38)27(26)43-22(5)35/h9-16,20,24-27,30,36,40-41H,4,17-18H2,1-3,5-8H3/b16-15+,19-9-/t20-,24-,25-,26-,27+,30+,33+,34+/m0/s1. The summed E-state index contributed by atoms with van der Waals surface area (Å²) in [4.78, 5) is 53.2. The van der Waals surface area contributed by atoms with Gasteiger partial charge < -0.3 is 29.5 Å². The molecule has 1 aromatic carbocycles. The highest BCUT2D eigenvalue weighted by molar-refractivity contribution is 5.95. The summed E-state index contributed by atoms with van der Waals surface area (Å²) in [6.07, 6.45) is -2.78. The highest BCUT2D eigenvalue weighted by Crippen LogP contribution is 2.49. The van der Waals surface area contributed by atoms with Gasteiger partial charge in [0.1, 0.15) is 5.60 Å². The lowest BCUT2D eigenvalue weighted by molar-refractivity contribution is -0.171. The van der Waals surface area contributed by atoms with E-state index in [1.807, 2.05) is 6.07 Å². The molecule has 0 heterocycles. The quantitative estimate of drug-likeness (QED) is 0.248. The molecular weight excluding hydrogens is 568 g/mol. The number of hydrogen-bond donors (Lipinski definition) is 3. The second kappa shape index (κ2) is 13.3. The van der Waals surface area contributed by atoms with E-state index >= 15 is 0 Å². The van der Waals surface area contributed by atoms with Gasteiger partial charge in [-0.2, -0.15) is 0 Å². The van der Waals surface area contributed by atoms with E-state index in [4.69, 9.17) is 14.2 Å². The van der Waals surface area contributed by atoms with Crippen molar-refractivity contribution >= 4 is 23.5 Å². The summed E-state index contributed by atoms with van der Waals surface area (Å²) >= 11 is 0. The summed E-state index contributed by atoms with van der Waals surface area (Å²) in [7, 11) is 0. The molecule has 10 heteroatoms. The maximum Gasteiger partial charge on any atom is 0.334 e. The number of ether oxygens (including phenoxy) is 3. The third kappa shape index (κ3) is 7.10. The van der Waals surface area contributed by atoms with Gasteiger partial charge in [0, 0.05) is 30.3 Å². The number of hydrogen-bond acceptors (Lipinski definition) is 10. The molecule has 3 rings (SSSR count). The molecule has 8 atom stereocenters. The molecule has 0 bridgehead atoms. The Labute approximate surface area is 258 Å². The second-order valence-corrected chi connectivity index (χ2v) is 12.6. The molecule has 1 aromatic rings. The maximum absolute atomic E-state index is 14.0. The average Bonchev–Trinajstić information content (AvgIpc) is 3.18. The lowest BCUT2D eigenvalue weighted by Gasteiger charge is -2.40. The Morgan fingerprint density at radius 3 is 2.20 bits per heavy atom. The maximum atomic E-state index is 14.0. The second-order valence-electron chi connectivity index (χ2n) is 12.6. The molecule has 2 aliphatic carbocycles. The smallest absolute Gasteiger partial charge is 0.334 e. The molecule has 0 spiro atoms. The predicted octanol–water partition coefficient (Wildman–Crippen LogP) is 3.17. The molecule has 0 aromatic heterocycles. The third-order valence-corrected chi connectivity index (χ3v) is 8.57.